The van der Waals surface area contributed by atoms with Crippen molar-refractivity contribution in [3.05, 3.63) is 82.5 Å². The van der Waals surface area contributed by atoms with Crippen LogP contribution in [0.1, 0.15) is 12.5 Å². The number of halogens is 2. The second kappa shape index (κ2) is 9.96. The molecule has 4 nitrogen and oxygen atoms in total. The molecule has 1 N–H and O–H groups in total. The molecule has 0 aliphatic carbocycles. The van der Waals surface area contributed by atoms with Crippen molar-refractivity contribution in [2.45, 2.75) is 11.8 Å². The summed E-state index contributed by atoms with van der Waals surface area (Å²) in [5.41, 5.74) is 4.58. The van der Waals surface area contributed by atoms with Crippen molar-refractivity contribution in [1.82, 2.24) is 0 Å². The van der Waals surface area contributed by atoms with E-state index >= 15 is 0 Å². The fourth-order valence-electron chi connectivity index (χ4n) is 3.60. The van der Waals surface area contributed by atoms with Crippen LogP contribution in [0, 0.1) is 0 Å². The molecule has 0 fully saturated rings. The highest BCUT2D eigenvalue weighted by atomic mass is 35.5. The van der Waals surface area contributed by atoms with Crippen LogP contribution in [0.3, 0.4) is 0 Å². The van der Waals surface area contributed by atoms with Crippen LogP contribution < -0.4 is 10.1 Å². The van der Waals surface area contributed by atoms with Gasteiger partial charge in [0.05, 0.1) is 18.4 Å². The van der Waals surface area contributed by atoms with Crippen LogP contribution >= 0.6 is 35.0 Å². The minimum atomic E-state index is -0.221. The number of carbonyl (C=O) groups excluding carboxylic acids is 1. The predicted octanol–water partition coefficient (Wildman–Crippen LogP) is 8.18. The number of amides is 1. The number of rotatable bonds is 6. The van der Waals surface area contributed by atoms with Gasteiger partial charge in [0.25, 0.3) is 0 Å². The number of furan rings is 1. The van der Waals surface area contributed by atoms with Crippen LogP contribution in [0.25, 0.3) is 27.7 Å². The van der Waals surface area contributed by atoms with Crippen molar-refractivity contribution in [1.29, 1.82) is 0 Å². The third kappa shape index (κ3) is 5.06. The van der Waals surface area contributed by atoms with E-state index < -0.39 is 0 Å². The van der Waals surface area contributed by atoms with Gasteiger partial charge in [-0.15, -0.1) is 11.8 Å². The summed E-state index contributed by atoms with van der Waals surface area (Å²) >= 11 is 14.1. The second-order valence-electron chi connectivity index (χ2n) is 7.37. The number of benzene rings is 3. The average Bonchev–Trinajstić information content (AvgIpc) is 3.20. The van der Waals surface area contributed by atoms with E-state index in [0.717, 1.165) is 38.2 Å². The van der Waals surface area contributed by atoms with E-state index in [0.29, 0.717) is 21.4 Å². The number of carbonyl (C=O) groups is 1. The van der Waals surface area contributed by atoms with E-state index in [1.165, 1.54) is 0 Å². The molecule has 0 saturated heterocycles. The monoisotopic (exact) mass is 497 g/mol. The Morgan fingerprint density at radius 2 is 1.91 bits per heavy atom. The van der Waals surface area contributed by atoms with Crippen molar-refractivity contribution in [2.75, 3.05) is 18.7 Å². The molecular weight excluding hydrogens is 477 g/mol. The van der Waals surface area contributed by atoms with Gasteiger partial charge in [0.15, 0.2) is 0 Å². The third-order valence-corrected chi connectivity index (χ3v) is 6.50. The number of hydrogen-bond donors (Lipinski definition) is 1. The van der Waals surface area contributed by atoms with E-state index in [-0.39, 0.29) is 5.91 Å². The number of thioether (sulfide) groups is 1. The Labute approximate surface area is 206 Å². The number of nitrogens with one attached hydrogen (secondary N) is 1. The number of methoxy groups -OCH3 is 1. The molecule has 0 unspecified atom stereocenters. The Bertz CT molecular complexity index is 1380. The van der Waals surface area contributed by atoms with Crippen molar-refractivity contribution in [3.8, 4) is 16.9 Å². The van der Waals surface area contributed by atoms with Gasteiger partial charge in [-0.25, -0.2) is 0 Å². The van der Waals surface area contributed by atoms with Crippen LogP contribution in [0.4, 0.5) is 5.69 Å². The lowest BCUT2D eigenvalue weighted by Crippen LogP contribution is -2.08. The first-order valence-electron chi connectivity index (χ1n) is 10.1. The minimum Gasteiger partial charge on any atom is -0.496 e. The van der Waals surface area contributed by atoms with Gasteiger partial charge in [0.2, 0.25) is 5.91 Å². The molecule has 0 bridgehead atoms. The van der Waals surface area contributed by atoms with Gasteiger partial charge in [-0.3, -0.25) is 4.79 Å². The first-order valence-corrected chi connectivity index (χ1v) is 12.1. The van der Waals surface area contributed by atoms with Crippen LogP contribution in [0.15, 0.2) is 76.2 Å². The summed E-state index contributed by atoms with van der Waals surface area (Å²) in [7, 11) is 1.59. The third-order valence-electron chi connectivity index (χ3n) is 5.23. The highest BCUT2D eigenvalue weighted by molar-refractivity contribution is 7.98. The number of ether oxygens (including phenoxy) is 1. The van der Waals surface area contributed by atoms with Crippen molar-refractivity contribution < 1.29 is 13.9 Å². The quantitative estimate of drug-likeness (QED) is 0.215. The lowest BCUT2D eigenvalue weighted by Gasteiger charge is -2.11. The SMILES string of the molecule is COc1cc2occ(-c3ccc(Cl)cc3Cl)c2cc1/C(C)=C/C(=O)Nc1cccc(SC)c1. The number of fused-ring (bicyclic) bond motifs is 1. The van der Waals surface area contributed by atoms with Crippen molar-refractivity contribution in [3.63, 3.8) is 0 Å². The summed E-state index contributed by atoms with van der Waals surface area (Å²) < 4.78 is 11.4. The molecular formula is C26H21Cl2NO3S. The molecule has 0 radical (unpaired) electrons. The highest BCUT2D eigenvalue weighted by Gasteiger charge is 2.16. The zero-order valence-electron chi connectivity index (χ0n) is 18.2. The Morgan fingerprint density at radius 1 is 1.09 bits per heavy atom. The van der Waals surface area contributed by atoms with E-state index in [9.17, 15) is 4.79 Å². The van der Waals surface area contributed by atoms with Gasteiger partial charge in [-0.2, -0.15) is 0 Å². The molecule has 3 aromatic carbocycles. The van der Waals surface area contributed by atoms with Crippen LogP contribution in [-0.4, -0.2) is 19.3 Å². The molecule has 4 aromatic rings. The van der Waals surface area contributed by atoms with Crippen molar-refractivity contribution >= 4 is 63.1 Å². The molecule has 0 spiro atoms. The van der Waals surface area contributed by atoms with Crippen LogP contribution in [-0.2, 0) is 4.79 Å². The average molecular weight is 498 g/mol. The molecule has 1 heterocycles. The van der Waals surface area contributed by atoms with Crippen molar-refractivity contribution in [2.24, 2.45) is 0 Å². The highest BCUT2D eigenvalue weighted by Crippen LogP contribution is 2.40. The van der Waals surface area contributed by atoms with E-state index in [4.69, 9.17) is 32.4 Å². The summed E-state index contributed by atoms with van der Waals surface area (Å²) in [5, 5.41) is 4.87. The van der Waals surface area contributed by atoms with Crippen LogP contribution in [0.2, 0.25) is 10.0 Å². The maximum atomic E-state index is 12.7. The maximum Gasteiger partial charge on any atom is 0.248 e. The van der Waals surface area contributed by atoms with Gasteiger partial charge in [0, 0.05) is 49.8 Å². The molecule has 7 heteroatoms. The number of allylic oxidation sites excluding steroid dienone is 1. The fourth-order valence-corrected chi connectivity index (χ4v) is 4.57. The van der Waals surface area contributed by atoms with E-state index in [2.05, 4.69) is 5.32 Å². The zero-order valence-corrected chi connectivity index (χ0v) is 20.6. The lowest BCUT2D eigenvalue weighted by atomic mass is 9.99. The second-order valence-corrected chi connectivity index (χ2v) is 9.09. The number of anilines is 1. The Morgan fingerprint density at radius 3 is 2.64 bits per heavy atom. The lowest BCUT2D eigenvalue weighted by molar-refractivity contribution is -0.111. The van der Waals surface area contributed by atoms with Crippen LogP contribution in [0.5, 0.6) is 5.75 Å². The molecule has 0 saturated carbocycles. The predicted molar refractivity (Wildman–Crippen MR) is 139 cm³/mol. The molecule has 33 heavy (non-hydrogen) atoms. The first kappa shape index (κ1) is 23.3. The first-order chi connectivity index (χ1) is 15.9. The van der Waals surface area contributed by atoms with Gasteiger partial charge >= 0.3 is 0 Å². The van der Waals surface area contributed by atoms with Gasteiger partial charge in [-0.05, 0) is 55.2 Å². The summed E-state index contributed by atoms with van der Waals surface area (Å²) in [4.78, 5) is 13.8. The zero-order chi connectivity index (χ0) is 23.5. The number of hydrogen-bond acceptors (Lipinski definition) is 4. The molecule has 1 aromatic heterocycles. The summed E-state index contributed by atoms with van der Waals surface area (Å²) in [6.07, 6.45) is 5.21. The van der Waals surface area contributed by atoms with Gasteiger partial charge < -0.3 is 14.5 Å². The van der Waals surface area contributed by atoms with E-state index in [1.807, 2.05) is 55.6 Å². The van der Waals surface area contributed by atoms with Gasteiger partial charge in [-0.1, -0.05) is 35.3 Å². The summed E-state index contributed by atoms with van der Waals surface area (Å²) in [6.45, 7) is 1.87. The molecule has 4 rings (SSSR count). The normalized spacial score (nSPS) is 11.6. The molecule has 0 aliphatic heterocycles. The largest absolute Gasteiger partial charge is 0.496 e. The molecule has 168 valence electrons. The molecule has 0 atom stereocenters. The Kier molecular flexibility index (Phi) is 7.03. The smallest absolute Gasteiger partial charge is 0.248 e. The summed E-state index contributed by atoms with van der Waals surface area (Å²) in [6, 6.07) is 16.8. The Hall–Kier alpha value is -2.86. The summed E-state index contributed by atoms with van der Waals surface area (Å²) in [5.74, 6) is 0.387. The fraction of sp³-hybridized carbons (Fsp3) is 0.115. The molecule has 0 aliphatic rings. The topological polar surface area (TPSA) is 51.5 Å². The standard InChI is InChI=1S/C26H21Cl2NO3S/c1-15(9-26(30)29-17-5-4-6-18(11-17)33-3)20-12-21-22(14-32-25(21)13-24(20)31-2)19-8-7-16(27)10-23(19)28/h4-14H,1-3H3,(H,29,30)/b15-9+. The molecule has 1 amide bonds. The Balaban J connectivity index is 1.71. The minimum absolute atomic E-state index is 0.221. The van der Waals surface area contributed by atoms with E-state index in [1.54, 1.807) is 43.3 Å². The van der Waals surface area contributed by atoms with Gasteiger partial charge in [0.1, 0.15) is 11.3 Å². The maximum absolute atomic E-state index is 12.7.